The minimum atomic E-state index is -0.353. The molecule has 0 bridgehead atoms. The third-order valence-electron chi connectivity index (χ3n) is 5.55. The second kappa shape index (κ2) is 8.49. The van der Waals surface area contributed by atoms with E-state index in [4.69, 9.17) is 9.47 Å². The molecular formula is C22H24N2O5S. The standard InChI is InChI=1S/C22H24N2O5S/c1-28-16-8-7-15(11-17(16)29-2)24-21(26)19(18-6-4-10-30-18)20(22(24)27)23-9-3-5-14(12-23)13-25/h4,6-8,10-11,14,25H,3,5,9,12-13H2,1-2H3. The molecule has 2 aliphatic heterocycles. The average Bonchev–Trinajstić information content (AvgIpc) is 3.39. The van der Waals surface area contributed by atoms with Gasteiger partial charge in [0.15, 0.2) is 11.5 Å². The van der Waals surface area contributed by atoms with Crippen LogP contribution in [0.1, 0.15) is 17.7 Å². The highest BCUT2D eigenvalue weighted by molar-refractivity contribution is 7.11. The number of aliphatic hydroxyl groups excluding tert-OH is 1. The summed E-state index contributed by atoms with van der Waals surface area (Å²) in [5.41, 5.74) is 1.26. The van der Waals surface area contributed by atoms with Gasteiger partial charge in [-0.15, -0.1) is 11.3 Å². The van der Waals surface area contributed by atoms with Crippen molar-refractivity contribution >= 4 is 34.4 Å². The van der Waals surface area contributed by atoms with E-state index >= 15 is 0 Å². The number of hydrogen-bond donors (Lipinski definition) is 1. The van der Waals surface area contributed by atoms with Crippen molar-refractivity contribution in [3.63, 3.8) is 0 Å². The molecule has 158 valence electrons. The van der Waals surface area contributed by atoms with Crippen molar-refractivity contribution in [3.8, 4) is 11.5 Å². The van der Waals surface area contributed by atoms with Crippen LogP contribution in [0, 0.1) is 5.92 Å². The number of nitrogens with zero attached hydrogens (tertiary/aromatic N) is 2. The Morgan fingerprint density at radius 2 is 1.93 bits per heavy atom. The summed E-state index contributed by atoms with van der Waals surface area (Å²) in [6.45, 7) is 1.30. The highest BCUT2D eigenvalue weighted by atomic mass is 32.1. The van der Waals surface area contributed by atoms with Crippen molar-refractivity contribution in [3.05, 3.63) is 46.3 Å². The SMILES string of the molecule is COc1ccc(N2C(=O)C(c3cccs3)=C(N3CCCC(CO)C3)C2=O)cc1OC. The number of carbonyl (C=O) groups excluding carboxylic acids is 2. The Labute approximate surface area is 179 Å². The number of likely N-dealkylation sites (tertiary alicyclic amines) is 1. The number of aliphatic hydroxyl groups is 1. The van der Waals surface area contributed by atoms with Crippen molar-refractivity contribution < 1.29 is 24.2 Å². The molecule has 1 saturated heterocycles. The second-order valence-electron chi connectivity index (χ2n) is 7.32. The van der Waals surface area contributed by atoms with E-state index in [1.54, 1.807) is 18.2 Å². The van der Waals surface area contributed by atoms with Gasteiger partial charge >= 0.3 is 0 Å². The molecule has 0 aliphatic carbocycles. The highest BCUT2D eigenvalue weighted by Crippen LogP contribution is 2.40. The fourth-order valence-corrected chi connectivity index (χ4v) is 4.83. The quantitative estimate of drug-likeness (QED) is 0.713. The van der Waals surface area contributed by atoms with Gasteiger partial charge in [-0.05, 0) is 42.3 Å². The van der Waals surface area contributed by atoms with E-state index in [9.17, 15) is 14.7 Å². The van der Waals surface area contributed by atoms with Crippen molar-refractivity contribution in [2.75, 3.05) is 38.8 Å². The molecule has 1 aromatic carbocycles. The minimum absolute atomic E-state index is 0.0691. The van der Waals surface area contributed by atoms with E-state index in [0.29, 0.717) is 41.5 Å². The minimum Gasteiger partial charge on any atom is -0.493 e. The number of thiophene rings is 1. The zero-order valence-electron chi connectivity index (χ0n) is 17.0. The summed E-state index contributed by atoms with van der Waals surface area (Å²) in [7, 11) is 3.05. The first kappa shape index (κ1) is 20.4. The Morgan fingerprint density at radius 1 is 1.13 bits per heavy atom. The van der Waals surface area contributed by atoms with Gasteiger partial charge in [0.25, 0.3) is 11.8 Å². The van der Waals surface area contributed by atoms with Crippen LogP contribution < -0.4 is 14.4 Å². The third kappa shape index (κ3) is 3.46. The smallest absolute Gasteiger partial charge is 0.282 e. The number of methoxy groups -OCH3 is 2. The van der Waals surface area contributed by atoms with Gasteiger partial charge in [0.05, 0.1) is 25.5 Å². The number of amides is 2. The second-order valence-corrected chi connectivity index (χ2v) is 8.27. The first-order valence-electron chi connectivity index (χ1n) is 9.83. The zero-order chi connectivity index (χ0) is 21.3. The van der Waals surface area contributed by atoms with Crippen LogP contribution >= 0.6 is 11.3 Å². The van der Waals surface area contributed by atoms with Crippen molar-refractivity contribution in [2.45, 2.75) is 12.8 Å². The summed E-state index contributed by atoms with van der Waals surface area (Å²) in [4.78, 5) is 30.9. The summed E-state index contributed by atoms with van der Waals surface area (Å²) in [6, 6.07) is 8.72. The Hall–Kier alpha value is -2.84. The van der Waals surface area contributed by atoms with Crippen molar-refractivity contribution in [2.24, 2.45) is 5.92 Å². The fraction of sp³-hybridized carbons (Fsp3) is 0.364. The monoisotopic (exact) mass is 428 g/mol. The number of benzene rings is 1. The highest BCUT2D eigenvalue weighted by Gasteiger charge is 2.43. The van der Waals surface area contributed by atoms with Gasteiger partial charge in [-0.3, -0.25) is 9.59 Å². The molecule has 2 aliphatic rings. The molecule has 0 radical (unpaired) electrons. The Morgan fingerprint density at radius 3 is 2.60 bits per heavy atom. The molecule has 0 saturated carbocycles. The summed E-state index contributed by atoms with van der Waals surface area (Å²) in [5, 5.41) is 11.5. The van der Waals surface area contributed by atoms with Gasteiger partial charge < -0.3 is 19.5 Å². The molecule has 0 spiro atoms. The lowest BCUT2D eigenvalue weighted by Gasteiger charge is -2.34. The lowest BCUT2D eigenvalue weighted by atomic mass is 9.98. The van der Waals surface area contributed by atoms with Gasteiger partial charge in [-0.1, -0.05) is 6.07 Å². The van der Waals surface area contributed by atoms with Gasteiger partial charge in [0.2, 0.25) is 0 Å². The van der Waals surface area contributed by atoms with Crippen molar-refractivity contribution in [1.29, 1.82) is 0 Å². The van der Waals surface area contributed by atoms with E-state index in [1.807, 2.05) is 22.4 Å². The number of hydrogen-bond acceptors (Lipinski definition) is 7. The molecule has 2 aromatic rings. The molecule has 4 rings (SSSR count). The molecule has 7 nitrogen and oxygen atoms in total. The maximum atomic E-state index is 13.5. The van der Waals surface area contributed by atoms with E-state index in [2.05, 4.69) is 0 Å². The molecule has 30 heavy (non-hydrogen) atoms. The van der Waals surface area contributed by atoms with Crippen LogP contribution in [0.3, 0.4) is 0 Å². The largest absolute Gasteiger partial charge is 0.493 e. The van der Waals surface area contributed by atoms with Crippen LogP contribution in [0.15, 0.2) is 41.4 Å². The maximum Gasteiger partial charge on any atom is 0.282 e. The number of anilines is 1. The first-order chi connectivity index (χ1) is 14.6. The van der Waals surface area contributed by atoms with Crippen LogP contribution in [-0.2, 0) is 9.59 Å². The molecular weight excluding hydrogens is 404 g/mol. The van der Waals surface area contributed by atoms with Gasteiger partial charge in [0.1, 0.15) is 5.70 Å². The van der Waals surface area contributed by atoms with Crippen LogP contribution in [0.25, 0.3) is 5.57 Å². The number of rotatable bonds is 6. The predicted molar refractivity (Wildman–Crippen MR) is 115 cm³/mol. The third-order valence-corrected chi connectivity index (χ3v) is 6.43. The van der Waals surface area contributed by atoms with Crippen LogP contribution in [0.2, 0.25) is 0 Å². The predicted octanol–water partition coefficient (Wildman–Crippen LogP) is 2.75. The summed E-state index contributed by atoms with van der Waals surface area (Å²) in [5.74, 6) is 0.354. The Balaban J connectivity index is 1.77. The lowest BCUT2D eigenvalue weighted by Crippen LogP contribution is -2.40. The Kier molecular flexibility index (Phi) is 5.78. The zero-order valence-corrected chi connectivity index (χ0v) is 17.8. The Bertz CT molecular complexity index is 985. The average molecular weight is 429 g/mol. The molecule has 1 fully saturated rings. The van der Waals surface area contributed by atoms with Crippen LogP contribution in [0.5, 0.6) is 11.5 Å². The molecule has 8 heteroatoms. The van der Waals surface area contributed by atoms with E-state index in [-0.39, 0.29) is 24.3 Å². The topological polar surface area (TPSA) is 79.3 Å². The number of carbonyl (C=O) groups is 2. The molecule has 1 unspecified atom stereocenters. The molecule has 1 aromatic heterocycles. The molecule has 2 amide bonds. The summed E-state index contributed by atoms with van der Waals surface area (Å²) >= 11 is 1.43. The summed E-state index contributed by atoms with van der Waals surface area (Å²) in [6.07, 6.45) is 1.78. The lowest BCUT2D eigenvalue weighted by molar-refractivity contribution is -0.120. The normalized spacial score (nSPS) is 19.6. The van der Waals surface area contributed by atoms with Crippen molar-refractivity contribution in [1.82, 2.24) is 4.90 Å². The van der Waals surface area contributed by atoms with E-state index in [1.165, 1.54) is 30.5 Å². The molecule has 1 atom stereocenters. The fourth-order valence-electron chi connectivity index (χ4n) is 4.07. The maximum absolute atomic E-state index is 13.5. The van der Waals surface area contributed by atoms with Crippen LogP contribution in [0.4, 0.5) is 5.69 Å². The number of ether oxygens (including phenoxy) is 2. The van der Waals surface area contributed by atoms with Gasteiger partial charge in [-0.2, -0.15) is 0 Å². The van der Waals surface area contributed by atoms with E-state index < -0.39 is 0 Å². The van der Waals surface area contributed by atoms with E-state index in [0.717, 1.165) is 17.7 Å². The molecule has 3 heterocycles. The summed E-state index contributed by atoms with van der Waals surface area (Å²) < 4.78 is 10.6. The van der Waals surface area contributed by atoms with Gasteiger partial charge in [-0.25, -0.2) is 4.90 Å². The molecule has 1 N–H and O–H groups in total. The van der Waals surface area contributed by atoms with Gasteiger partial charge in [0, 0.05) is 30.6 Å². The first-order valence-corrected chi connectivity index (χ1v) is 10.7. The van der Waals surface area contributed by atoms with Crippen LogP contribution in [-0.4, -0.2) is 55.7 Å². The number of imide groups is 1. The number of piperidine rings is 1.